The molecule has 8 heteroatoms. The molecule has 0 spiro atoms. The smallest absolute Gasteiger partial charge is 0.208 e. The number of halogens is 2. The first kappa shape index (κ1) is 11.4. The van der Waals surface area contributed by atoms with Crippen LogP contribution in [0.1, 0.15) is 5.82 Å². The van der Waals surface area contributed by atoms with Gasteiger partial charge in [0.05, 0.1) is 5.02 Å². The van der Waals surface area contributed by atoms with E-state index in [0.29, 0.717) is 10.8 Å². The second-order valence-corrected chi connectivity index (χ2v) is 4.60. The van der Waals surface area contributed by atoms with Crippen LogP contribution in [0.2, 0.25) is 5.02 Å². The molecule has 2 aromatic heterocycles. The van der Waals surface area contributed by atoms with Crippen molar-refractivity contribution in [2.45, 2.75) is 0 Å². The highest BCUT2D eigenvalue weighted by Gasteiger charge is 2.09. The number of aromatic nitrogens is 4. The Morgan fingerprint density at radius 2 is 2.25 bits per heavy atom. The lowest BCUT2D eigenvalue weighted by molar-refractivity contribution is 0.842. The topological polar surface area (TPSA) is 69.6 Å². The van der Waals surface area contributed by atoms with E-state index in [-0.39, 0.29) is 10.8 Å². The van der Waals surface area contributed by atoms with Crippen LogP contribution in [0.5, 0.6) is 0 Å². The van der Waals surface area contributed by atoms with Gasteiger partial charge in [0.2, 0.25) is 5.82 Å². The van der Waals surface area contributed by atoms with E-state index >= 15 is 0 Å². The average molecular weight is 319 g/mol. The van der Waals surface area contributed by atoms with E-state index in [1.54, 1.807) is 12.3 Å². The standard InChI is InChI=1S/C8H5BrClN5S/c9-4-1-5(10)8(12-2-4)15-3-13-7(14-15)6(11)16/h1-3H,(H2,11,16). The summed E-state index contributed by atoms with van der Waals surface area (Å²) in [6.45, 7) is 0. The first-order chi connectivity index (χ1) is 7.58. The number of hydrogen-bond acceptors (Lipinski definition) is 4. The maximum atomic E-state index is 6.01. The zero-order chi connectivity index (χ0) is 11.7. The van der Waals surface area contributed by atoms with Crippen molar-refractivity contribution >= 4 is 44.7 Å². The Labute approximate surface area is 110 Å². The maximum Gasteiger partial charge on any atom is 0.208 e. The summed E-state index contributed by atoms with van der Waals surface area (Å²) in [6, 6.07) is 1.71. The largest absolute Gasteiger partial charge is 0.387 e. The van der Waals surface area contributed by atoms with Crippen LogP contribution in [0.25, 0.3) is 5.82 Å². The quantitative estimate of drug-likeness (QED) is 0.854. The van der Waals surface area contributed by atoms with Gasteiger partial charge in [-0.25, -0.2) is 14.6 Å². The van der Waals surface area contributed by atoms with Gasteiger partial charge in [0.1, 0.15) is 11.3 Å². The van der Waals surface area contributed by atoms with E-state index in [1.165, 1.54) is 11.0 Å². The number of nitrogens with two attached hydrogens (primary N) is 1. The molecule has 0 aliphatic carbocycles. The third kappa shape index (κ3) is 2.21. The minimum absolute atomic E-state index is 0.131. The highest BCUT2D eigenvalue weighted by Crippen LogP contribution is 2.21. The fourth-order valence-corrected chi connectivity index (χ4v) is 1.86. The van der Waals surface area contributed by atoms with Crippen molar-refractivity contribution < 1.29 is 0 Å². The monoisotopic (exact) mass is 317 g/mol. The summed E-state index contributed by atoms with van der Waals surface area (Å²) in [5.74, 6) is 0.760. The third-order valence-electron chi connectivity index (χ3n) is 1.72. The van der Waals surface area contributed by atoms with Crippen molar-refractivity contribution in [3.05, 3.63) is 33.9 Å². The zero-order valence-electron chi connectivity index (χ0n) is 7.76. The predicted molar refractivity (Wildman–Crippen MR) is 67.8 cm³/mol. The van der Waals surface area contributed by atoms with Crippen molar-refractivity contribution in [1.29, 1.82) is 0 Å². The molecule has 0 amide bonds. The maximum absolute atomic E-state index is 6.01. The summed E-state index contributed by atoms with van der Waals surface area (Å²) in [5.41, 5.74) is 5.40. The molecule has 0 aliphatic heterocycles. The summed E-state index contributed by atoms with van der Waals surface area (Å²) in [6.07, 6.45) is 3.07. The lowest BCUT2D eigenvalue weighted by atomic mass is 10.4. The van der Waals surface area contributed by atoms with E-state index in [4.69, 9.17) is 29.6 Å². The van der Waals surface area contributed by atoms with Gasteiger partial charge >= 0.3 is 0 Å². The molecule has 82 valence electrons. The molecule has 0 saturated carbocycles. The van der Waals surface area contributed by atoms with E-state index in [1.807, 2.05) is 0 Å². The van der Waals surface area contributed by atoms with Crippen LogP contribution in [-0.4, -0.2) is 24.7 Å². The molecule has 0 aromatic carbocycles. The Morgan fingerprint density at radius 3 is 2.81 bits per heavy atom. The molecular weight excluding hydrogens is 314 g/mol. The molecule has 0 unspecified atom stereocenters. The van der Waals surface area contributed by atoms with Crippen molar-refractivity contribution in [3.8, 4) is 5.82 Å². The highest BCUT2D eigenvalue weighted by atomic mass is 79.9. The van der Waals surface area contributed by atoms with Gasteiger partial charge in [0.15, 0.2) is 5.82 Å². The summed E-state index contributed by atoms with van der Waals surface area (Å²) >= 11 is 14.0. The second-order valence-electron chi connectivity index (χ2n) is 2.84. The number of pyridine rings is 1. The third-order valence-corrected chi connectivity index (χ3v) is 2.61. The molecule has 16 heavy (non-hydrogen) atoms. The Kier molecular flexibility index (Phi) is 3.17. The SMILES string of the molecule is NC(=S)c1ncn(-c2ncc(Br)cc2Cl)n1. The average Bonchev–Trinajstić information content (AvgIpc) is 2.66. The van der Waals surface area contributed by atoms with Crippen molar-refractivity contribution in [3.63, 3.8) is 0 Å². The van der Waals surface area contributed by atoms with Crippen molar-refractivity contribution in [2.75, 3.05) is 0 Å². The molecule has 2 heterocycles. The molecule has 0 fully saturated rings. The normalized spacial score (nSPS) is 10.4. The Balaban J connectivity index is 2.46. The van der Waals surface area contributed by atoms with Crippen LogP contribution in [0.4, 0.5) is 0 Å². The van der Waals surface area contributed by atoms with Gasteiger partial charge in [-0.15, -0.1) is 5.10 Å². The molecule has 2 N–H and O–H groups in total. The van der Waals surface area contributed by atoms with Crippen LogP contribution in [0.15, 0.2) is 23.1 Å². The van der Waals surface area contributed by atoms with Crippen LogP contribution in [0, 0.1) is 0 Å². The van der Waals surface area contributed by atoms with Gasteiger partial charge < -0.3 is 5.73 Å². The Bertz CT molecular complexity index is 555. The van der Waals surface area contributed by atoms with E-state index in [0.717, 1.165) is 4.47 Å². The lowest BCUT2D eigenvalue weighted by Crippen LogP contribution is -2.12. The molecule has 0 aliphatic rings. The minimum Gasteiger partial charge on any atom is -0.387 e. The van der Waals surface area contributed by atoms with Gasteiger partial charge in [0.25, 0.3) is 0 Å². The van der Waals surface area contributed by atoms with Gasteiger partial charge in [-0.3, -0.25) is 0 Å². The molecule has 0 saturated heterocycles. The summed E-state index contributed by atoms with van der Waals surface area (Å²) in [4.78, 5) is 8.18. The molecular formula is C8H5BrClN5S. The fraction of sp³-hybridized carbons (Fsp3) is 0. The van der Waals surface area contributed by atoms with Gasteiger partial charge in [-0.05, 0) is 22.0 Å². The van der Waals surface area contributed by atoms with Gasteiger partial charge in [-0.2, -0.15) is 0 Å². The van der Waals surface area contributed by atoms with Crippen molar-refractivity contribution in [1.82, 2.24) is 19.7 Å². The fourth-order valence-electron chi connectivity index (χ4n) is 1.05. The van der Waals surface area contributed by atoms with Crippen LogP contribution in [-0.2, 0) is 0 Å². The summed E-state index contributed by atoms with van der Waals surface area (Å²) < 4.78 is 2.21. The highest BCUT2D eigenvalue weighted by molar-refractivity contribution is 9.10. The van der Waals surface area contributed by atoms with Crippen LogP contribution in [0.3, 0.4) is 0 Å². The molecule has 0 radical (unpaired) electrons. The van der Waals surface area contributed by atoms with E-state index < -0.39 is 0 Å². The van der Waals surface area contributed by atoms with Crippen LogP contribution < -0.4 is 5.73 Å². The minimum atomic E-state index is 0.131. The molecule has 5 nitrogen and oxygen atoms in total. The number of nitrogens with zero attached hydrogens (tertiary/aromatic N) is 4. The first-order valence-corrected chi connectivity index (χ1v) is 5.69. The summed E-state index contributed by atoms with van der Waals surface area (Å²) in [5, 5.41) is 4.50. The number of rotatable bonds is 2. The lowest BCUT2D eigenvalue weighted by Gasteiger charge is -2.01. The summed E-state index contributed by atoms with van der Waals surface area (Å²) in [7, 11) is 0. The first-order valence-electron chi connectivity index (χ1n) is 4.11. The molecule has 2 aromatic rings. The molecule has 0 bridgehead atoms. The van der Waals surface area contributed by atoms with Crippen molar-refractivity contribution in [2.24, 2.45) is 5.73 Å². The second kappa shape index (κ2) is 4.44. The van der Waals surface area contributed by atoms with Gasteiger partial charge in [0, 0.05) is 10.7 Å². The number of hydrogen-bond donors (Lipinski definition) is 1. The Morgan fingerprint density at radius 1 is 1.50 bits per heavy atom. The zero-order valence-corrected chi connectivity index (χ0v) is 10.9. The van der Waals surface area contributed by atoms with E-state index in [2.05, 4.69) is 31.0 Å². The van der Waals surface area contributed by atoms with Gasteiger partial charge in [-0.1, -0.05) is 23.8 Å². The van der Waals surface area contributed by atoms with E-state index in [9.17, 15) is 0 Å². The Hall–Kier alpha value is -1.05. The molecule has 2 rings (SSSR count). The molecule has 0 atom stereocenters. The van der Waals surface area contributed by atoms with Crippen LogP contribution >= 0.6 is 39.7 Å². The predicted octanol–water partition coefficient (Wildman–Crippen LogP) is 1.71. The number of thiocarbonyl (C=S) groups is 1.